The Hall–Kier alpha value is -4.87. The molecule has 0 bridgehead atoms. The number of rotatable bonds is 4. The van der Waals surface area contributed by atoms with E-state index in [0.29, 0.717) is 11.1 Å². The molecule has 1 atom stereocenters. The topological polar surface area (TPSA) is 30.7 Å². The van der Waals surface area contributed by atoms with Gasteiger partial charge >= 0.3 is 0 Å². The summed E-state index contributed by atoms with van der Waals surface area (Å²) in [5.41, 5.74) is 4.96. The number of aromatic nitrogens is 3. The zero-order valence-electron chi connectivity index (χ0n) is 21.3. The van der Waals surface area contributed by atoms with Crippen LogP contribution in [-0.2, 0) is 0 Å². The van der Waals surface area contributed by atoms with Crippen LogP contribution in [0.15, 0.2) is 128 Å². The lowest BCUT2D eigenvalue weighted by Gasteiger charge is -2.12. The van der Waals surface area contributed by atoms with Gasteiger partial charge in [-0.25, -0.2) is 9.37 Å². The second-order valence-electron chi connectivity index (χ2n) is 9.94. The van der Waals surface area contributed by atoms with Crippen molar-refractivity contribution in [1.82, 2.24) is 14.5 Å². The Kier molecular flexibility index (Phi) is 5.25. The van der Waals surface area contributed by atoms with Gasteiger partial charge in [0.2, 0.25) is 0 Å². The molecule has 0 radical (unpaired) electrons. The predicted molar refractivity (Wildman–Crippen MR) is 164 cm³/mol. The average molecular weight is 536 g/mol. The van der Waals surface area contributed by atoms with E-state index in [-0.39, 0.29) is 0 Å². The Morgan fingerprint density at radius 2 is 1.43 bits per heavy atom. The number of alkyl halides is 1. The van der Waals surface area contributed by atoms with Crippen molar-refractivity contribution in [2.75, 3.05) is 0 Å². The van der Waals surface area contributed by atoms with Gasteiger partial charge in [0.25, 0.3) is 0 Å². The Labute approximate surface area is 233 Å². The maximum Gasteiger partial charge on any atom is 0.150 e. The number of fused-ring (bicyclic) bond motifs is 7. The van der Waals surface area contributed by atoms with Crippen molar-refractivity contribution in [3.8, 4) is 17.1 Å². The van der Waals surface area contributed by atoms with Crippen LogP contribution in [-0.4, -0.2) is 14.5 Å². The molecule has 0 spiro atoms. The minimum absolute atomic E-state index is 0.606. The van der Waals surface area contributed by atoms with Gasteiger partial charge < -0.3 is 0 Å². The van der Waals surface area contributed by atoms with Crippen LogP contribution in [0.25, 0.3) is 59.1 Å². The summed E-state index contributed by atoms with van der Waals surface area (Å²) in [5.74, 6) is 0.813. The molecule has 5 heteroatoms. The summed E-state index contributed by atoms with van der Waals surface area (Å²) in [7, 11) is 0. The third-order valence-electron chi connectivity index (χ3n) is 7.61. The van der Waals surface area contributed by atoms with Gasteiger partial charge in [-0.1, -0.05) is 66.7 Å². The molecule has 40 heavy (non-hydrogen) atoms. The van der Waals surface area contributed by atoms with Crippen molar-refractivity contribution in [2.24, 2.45) is 0 Å². The van der Waals surface area contributed by atoms with E-state index in [0.717, 1.165) is 33.5 Å². The van der Waals surface area contributed by atoms with Gasteiger partial charge in [0, 0.05) is 48.9 Å². The molecule has 4 aromatic heterocycles. The Balaban J connectivity index is 1.36. The lowest BCUT2D eigenvalue weighted by atomic mass is 9.98. The number of hydrogen-bond acceptors (Lipinski definition) is 3. The second kappa shape index (κ2) is 9.11. The second-order valence-corrected chi connectivity index (χ2v) is 11.0. The summed E-state index contributed by atoms with van der Waals surface area (Å²) < 4.78 is 20.9. The molecule has 0 amide bonds. The molecule has 0 aliphatic heterocycles. The minimum Gasteiger partial charge on any atom is -0.294 e. The molecule has 1 unspecified atom stereocenters. The summed E-state index contributed by atoms with van der Waals surface area (Å²) in [6.07, 6.45) is 2.27. The number of pyridine rings is 2. The first-order chi connectivity index (χ1) is 19.8. The molecule has 0 aliphatic rings. The molecule has 8 aromatic rings. The van der Waals surface area contributed by atoms with E-state index in [1.165, 1.54) is 25.6 Å². The highest BCUT2D eigenvalue weighted by molar-refractivity contribution is 7.26. The largest absolute Gasteiger partial charge is 0.294 e. The third kappa shape index (κ3) is 3.55. The fraction of sp³-hybridized carbons (Fsp3) is 0.0286. The summed E-state index contributed by atoms with van der Waals surface area (Å²) in [6.45, 7) is 0. The highest BCUT2D eigenvalue weighted by Crippen LogP contribution is 2.44. The summed E-state index contributed by atoms with van der Waals surface area (Å²) in [4.78, 5) is 9.13. The van der Waals surface area contributed by atoms with Crippen LogP contribution >= 0.6 is 11.3 Å². The first-order valence-electron chi connectivity index (χ1n) is 13.2. The number of nitrogens with zero attached hydrogens (tertiary/aromatic N) is 3. The molecule has 8 rings (SSSR count). The van der Waals surface area contributed by atoms with Gasteiger partial charge in [0.05, 0.1) is 16.7 Å². The van der Waals surface area contributed by atoms with Crippen LogP contribution in [0.2, 0.25) is 0 Å². The van der Waals surface area contributed by atoms with Gasteiger partial charge in [-0.05, 0) is 59.7 Å². The van der Waals surface area contributed by atoms with Gasteiger partial charge in [-0.15, -0.1) is 11.3 Å². The van der Waals surface area contributed by atoms with Crippen LogP contribution in [0.3, 0.4) is 0 Å². The number of hydrogen-bond donors (Lipinski definition) is 0. The summed E-state index contributed by atoms with van der Waals surface area (Å²) in [6, 6.07) is 38.2. The van der Waals surface area contributed by atoms with E-state index in [4.69, 9.17) is 0 Å². The van der Waals surface area contributed by atoms with E-state index in [1.807, 2.05) is 84.1 Å². The molecule has 4 aromatic carbocycles. The SMILES string of the molecule is FC(c1cccc(-c2ccccn2)c1)c1ccc2c3c4sc5ccccc5c4ccc3n(-c3ccccn3)c2c1. The van der Waals surface area contributed by atoms with Crippen LogP contribution in [0, 0.1) is 0 Å². The summed E-state index contributed by atoms with van der Waals surface area (Å²) in [5, 5.41) is 4.78. The summed E-state index contributed by atoms with van der Waals surface area (Å²) >= 11 is 1.81. The van der Waals surface area contributed by atoms with E-state index >= 15 is 4.39 Å². The number of benzene rings is 4. The molecule has 0 saturated heterocycles. The quantitative estimate of drug-likeness (QED) is 0.225. The van der Waals surface area contributed by atoms with Crippen LogP contribution in [0.4, 0.5) is 4.39 Å². The molecular weight excluding hydrogens is 513 g/mol. The van der Waals surface area contributed by atoms with Crippen molar-refractivity contribution in [1.29, 1.82) is 0 Å². The van der Waals surface area contributed by atoms with Crippen molar-refractivity contribution >= 4 is 53.3 Å². The monoisotopic (exact) mass is 535 g/mol. The first-order valence-corrected chi connectivity index (χ1v) is 14.0. The van der Waals surface area contributed by atoms with Crippen LogP contribution in [0.1, 0.15) is 17.3 Å². The van der Waals surface area contributed by atoms with Gasteiger partial charge in [-0.2, -0.15) is 0 Å². The van der Waals surface area contributed by atoms with Crippen LogP contribution < -0.4 is 0 Å². The fourth-order valence-electron chi connectivity index (χ4n) is 5.77. The molecule has 3 nitrogen and oxygen atoms in total. The van der Waals surface area contributed by atoms with Gasteiger partial charge in [0.1, 0.15) is 5.82 Å². The zero-order valence-corrected chi connectivity index (χ0v) is 22.1. The molecule has 0 N–H and O–H groups in total. The molecule has 4 heterocycles. The standard InChI is InChI=1S/C35H22FN3S/c36-34(23-9-7-8-22(20-23)28-11-3-5-18-37-28)24-14-15-27-30(21-24)39(32-13-4-6-19-38-32)29-17-16-26-25-10-1-2-12-31(25)40-35(26)33(27)29/h1-21,34H. The molecule has 190 valence electrons. The van der Waals surface area contributed by atoms with Crippen LogP contribution in [0.5, 0.6) is 0 Å². The molecular formula is C35H22FN3S. The fourth-order valence-corrected chi connectivity index (χ4v) is 7.03. The van der Waals surface area contributed by atoms with E-state index in [1.54, 1.807) is 12.4 Å². The number of halogens is 1. The smallest absolute Gasteiger partial charge is 0.150 e. The molecule has 0 fully saturated rings. The first kappa shape index (κ1) is 23.1. The van der Waals surface area contributed by atoms with E-state index < -0.39 is 6.17 Å². The Morgan fingerprint density at radius 3 is 2.27 bits per heavy atom. The van der Waals surface area contributed by atoms with Crippen molar-refractivity contribution in [2.45, 2.75) is 6.17 Å². The number of thiophene rings is 1. The highest BCUT2D eigenvalue weighted by atomic mass is 32.1. The Bertz CT molecular complexity index is 2180. The van der Waals surface area contributed by atoms with E-state index in [9.17, 15) is 0 Å². The normalized spacial score (nSPS) is 12.5. The lowest BCUT2D eigenvalue weighted by Crippen LogP contribution is -1.99. The average Bonchev–Trinajstić information content (AvgIpc) is 3.57. The highest BCUT2D eigenvalue weighted by Gasteiger charge is 2.21. The van der Waals surface area contributed by atoms with Crippen molar-refractivity contribution in [3.05, 3.63) is 139 Å². The minimum atomic E-state index is -1.28. The van der Waals surface area contributed by atoms with Gasteiger partial charge in [-0.3, -0.25) is 9.55 Å². The van der Waals surface area contributed by atoms with Crippen molar-refractivity contribution < 1.29 is 4.39 Å². The predicted octanol–water partition coefficient (Wildman–Crippen LogP) is 9.67. The third-order valence-corrected chi connectivity index (χ3v) is 8.81. The Morgan fingerprint density at radius 1 is 0.625 bits per heavy atom. The zero-order chi connectivity index (χ0) is 26.6. The molecule has 0 aliphatic carbocycles. The van der Waals surface area contributed by atoms with E-state index in [2.05, 4.69) is 57.0 Å². The lowest BCUT2D eigenvalue weighted by molar-refractivity contribution is 0.402. The maximum atomic E-state index is 16.2. The molecule has 0 saturated carbocycles. The van der Waals surface area contributed by atoms with Gasteiger partial charge in [0.15, 0.2) is 6.17 Å². The maximum absolute atomic E-state index is 16.2. The van der Waals surface area contributed by atoms with Crippen molar-refractivity contribution in [3.63, 3.8) is 0 Å².